The smallest absolute Gasteiger partial charge is 0.252 e. The highest BCUT2D eigenvalue weighted by atomic mass is 35.5. The molecule has 18 heavy (non-hydrogen) atoms. The molecule has 0 atom stereocenters. The molecule has 0 aliphatic rings. The van der Waals surface area contributed by atoms with Gasteiger partial charge in [-0.2, -0.15) is 0 Å². The van der Waals surface area contributed by atoms with Gasteiger partial charge >= 0.3 is 0 Å². The van der Waals surface area contributed by atoms with Crippen LogP contribution in [0.2, 0.25) is 23.2 Å². The second-order valence-electron chi connectivity index (χ2n) is 5.78. The monoisotopic (exact) mass is 304 g/mol. The number of hydrogen-bond acceptors (Lipinski definition) is 2. The van der Waals surface area contributed by atoms with Crippen molar-refractivity contribution in [3.05, 3.63) is 28.8 Å². The highest BCUT2D eigenvalue weighted by molar-refractivity contribution is 6.74. The normalized spacial score (nSPS) is 12.4. The summed E-state index contributed by atoms with van der Waals surface area (Å²) in [6.45, 7) is 10.7. The molecule has 1 aromatic rings. The van der Waals surface area contributed by atoms with E-state index in [0.29, 0.717) is 16.3 Å². The van der Waals surface area contributed by atoms with E-state index in [-0.39, 0.29) is 5.04 Å². The fourth-order valence-corrected chi connectivity index (χ4v) is 2.50. The Labute approximate surface area is 119 Å². The van der Waals surface area contributed by atoms with Crippen LogP contribution in [0.1, 0.15) is 31.1 Å². The van der Waals surface area contributed by atoms with Gasteiger partial charge in [-0.15, -0.1) is 0 Å². The van der Waals surface area contributed by atoms with Crippen LogP contribution in [0.15, 0.2) is 18.2 Å². The quantitative estimate of drug-likeness (QED) is 0.573. The Balaban J connectivity index is 3.11. The third kappa shape index (κ3) is 3.50. The maximum atomic E-state index is 11.1. The lowest BCUT2D eigenvalue weighted by Gasteiger charge is -2.36. The van der Waals surface area contributed by atoms with Crippen LogP contribution in [-0.2, 0) is 0 Å². The van der Waals surface area contributed by atoms with Gasteiger partial charge in [-0.3, -0.25) is 4.79 Å². The molecule has 0 heterocycles. The molecule has 2 nitrogen and oxygen atoms in total. The average molecular weight is 305 g/mol. The van der Waals surface area contributed by atoms with Gasteiger partial charge in [0.2, 0.25) is 0 Å². The van der Waals surface area contributed by atoms with Crippen molar-refractivity contribution in [1.82, 2.24) is 0 Å². The predicted octanol–water partition coefficient (Wildman–Crippen LogP) is 5.10. The maximum Gasteiger partial charge on any atom is 0.252 e. The Hall–Kier alpha value is -0.513. The zero-order valence-corrected chi connectivity index (χ0v) is 13.8. The van der Waals surface area contributed by atoms with E-state index < -0.39 is 13.6 Å². The molecule has 1 aromatic carbocycles. The molecule has 0 aromatic heterocycles. The first kappa shape index (κ1) is 15.5. The summed E-state index contributed by atoms with van der Waals surface area (Å²) in [5.74, 6) is 0.537. The first-order valence-electron chi connectivity index (χ1n) is 5.73. The second kappa shape index (κ2) is 5.23. The molecule has 0 saturated carbocycles. The average Bonchev–Trinajstić information content (AvgIpc) is 2.18. The molecule has 0 spiro atoms. The molecule has 0 unspecified atom stereocenters. The van der Waals surface area contributed by atoms with E-state index in [1.807, 2.05) is 0 Å². The van der Waals surface area contributed by atoms with Gasteiger partial charge in [-0.1, -0.05) is 32.4 Å². The predicted molar refractivity (Wildman–Crippen MR) is 79.5 cm³/mol. The van der Waals surface area contributed by atoms with Gasteiger partial charge in [-0.25, -0.2) is 0 Å². The lowest BCUT2D eigenvalue weighted by molar-refractivity contribution is 0.108. The van der Waals surface area contributed by atoms with Crippen LogP contribution in [-0.4, -0.2) is 13.6 Å². The van der Waals surface area contributed by atoms with E-state index in [0.717, 1.165) is 0 Å². The van der Waals surface area contributed by atoms with Crippen LogP contribution in [0.5, 0.6) is 5.75 Å². The molecule has 0 fully saturated rings. The third-order valence-electron chi connectivity index (χ3n) is 3.33. The van der Waals surface area contributed by atoms with Gasteiger partial charge in [0.1, 0.15) is 5.75 Å². The van der Waals surface area contributed by atoms with Gasteiger partial charge in [0, 0.05) is 5.56 Å². The summed E-state index contributed by atoms with van der Waals surface area (Å²) < 4.78 is 6.08. The fraction of sp³-hybridized carbons (Fsp3) is 0.462. The molecular formula is C13H18Cl2O2Si. The van der Waals surface area contributed by atoms with Crippen LogP contribution >= 0.6 is 23.2 Å². The summed E-state index contributed by atoms with van der Waals surface area (Å²) in [6, 6.07) is 4.84. The third-order valence-corrected chi connectivity index (χ3v) is 8.20. The fourth-order valence-electron chi connectivity index (χ4n) is 1.13. The van der Waals surface area contributed by atoms with Crippen LogP contribution in [0.4, 0.5) is 0 Å². The molecule has 100 valence electrons. The number of rotatable bonds is 3. The van der Waals surface area contributed by atoms with Crippen molar-refractivity contribution in [2.45, 2.75) is 38.9 Å². The van der Waals surface area contributed by atoms with Crippen molar-refractivity contribution in [3.63, 3.8) is 0 Å². The summed E-state index contributed by atoms with van der Waals surface area (Å²) in [5, 5.41) is 0.0605. The van der Waals surface area contributed by atoms with E-state index in [2.05, 4.69) is 33.9 Å². The van der Waals surface area contributed by atoms with E-state index in [1.165, 1.54) is 0 Å². The summed E-state index contributed by atoms with van der Waals surface area (Å²) in [5.41, 5.74) is 0.398. The van der Waals surface area contributed by atoms with Crippen molar-refractivity contribution < 1.29 is 9.22 Å². The Kier molecular flexibility index (Phi) is 4.52. The Morgan fingerprint density at radius 3 is 2.28 bits per heavy atom. The van der Waals surface area contributed by atoms with Crippen molar-refractivity contribution in [3.8, 4) is 5.75 Å². The molecule has 0 bridgehead atoms. The minimum absolute atomic E-state index is 0.0668. The lowest BCUT2D eigenvalue weighted by atomic mass is 10.2. The zero-order chi connectivity index (χ0) is 14.1. The van der Waals surface area contributed by atoms with Gasteiger partial charge in [0.25, 0.3) is 13.6 Å². The number of halogens is 2. The van der Waals surface area contributed by atoms with Crippen molar-refractivity contribution in [1.29, 1.82) is 0 Å². The van der Waals surface area contributed by atoms with Gasteiger partial charge in [0.05, 0.1) is 5.02 Å². The summed E-state index contributed by atoms with van der Waals surface area (Å²) >= 11 is 11.6. The van der Waals surface area contributed by atoms with Gasteiger partial charge in [-0.05, 0) is 47.9 Å². The van der Waals surface area contributed by atoms with E-state index >= 15 is 0 Å². The van der Waals surface area contributed by atoms with E-state index in [4.69, 9.17) is 27.6 Å². The molecule has 1 rings (SSSR count). The summed E-state index contributed by atoms with van der Waals surface area (Å²) in [4.78, 5) is 11.1. The SMILES string of the molecule is CC(C)(C)[Si](C)(C)Oc1cc(C(=O)Cl)ccc1Cl. The molecule has 5 heteroatoms. The Morgan fingerprint density at radius 2 is 1.83 bits per heavy atom. The van der Waals surface area contributed by atoms with Gasteiger partial charge in [0.15, 0.2) is 0 Å². The number of benzene rings is 1. The van der Waals surface area contributed by atoms with Crippen LogP contribution in [0.3, 0.4) is 0 Å². The molecule has 0 aliphatic heterocycles. The van der Waals surface area contributed by atoms with Gasteiger partial charge < -0.3 is 4.43 Å². The standard InChI is InChI=1S/C13H18Cl2O2Si/c1-13(2,3)18(4,5)17-11-8-9(12(15)16)6-7-10(11)14/h6-8H,1-5H3. The molecular weight excluding hydrogens is 287 g/mol. The van der Waals surface area contributed by atoms with E-state index in [9.17, 15) is 4.79 Å². The zero-order valence-electron chi connectivity index (χ0n) is 11.3. The minimum Gasteiger partial charge on any atom is -0.542 e. The van der Waals surface area contributed by atoms with Crippen LogP contribution in [0, 0.1) is 0 Å². The van der Waals surface area contributed by atoms with Crippen molar-refractivity contribution in [2.75, 3.05) is 0 Å². The molecule has 0 saturated heterocycles. The number of carbonyl (C=O) groups is 1. The number of carbonyl (C=O) groups excluding carboxylic acids is 1. The van der Waals surface area contributed by atoms with E-state index in [1.54, 1.807) is 18.2 Å². The molecule has 0 radical (unpaired) electrons. The molecule has 0 amide bonds. The summed E-state index contributed by atoms with van der Waals surface area (Å²) in [6.07, 6.45) is 0. The number of hydrogen-bond donors (Lipinski definition) is 0. The largest absolute Gasteiger partial charge is 0.542 e. The lowest BCUT2D eigenvalue weighted by Crippen LogP contribution is -2.43. The Morgan fingerprint density at radius 1 is 1.28 bits per heavy atom. The maximum absolute atomic E-state index is 11.1. The highest BCUT2D eigenvalue weighted by Crippen LogP contribution is 2.39. The first-order valence-corrected chi connectivity index (χ1v) is 9.39. The van der Waals surface area contributed by atoms with Crippen molar-refractivity contribution >= 4 is 36.8 Å². The molecule has 0 aliphatic carbocycles. The minimum atomic E-state index is -1.97. The topological polar surface area (TPSA) is 26.3 Å². The Bertz CT molecular complexity index is 465. The van der Waals surface area contributed by atoms with Crippen molar-refractivity contribution in [2.24, 2.45) is 0 Å². The first-order chi connectivity index (χ1) is 8.04. The summed E-state index contributed by atoms with van der Waals surface area (Å²) in [7, 11) is -1.97. The second-order valence-corrected chi connectivity index (χ2v) is 11.3. The van der Waals surface area contributed by atoms with Crippen LogP contribution < -0.4 is 4.43 Å². The molecule has 0 N–H and O–H groups in total. The van der Waals surface area contributed by atoms with Crippen LogP contribution in [0.25, 0.3) is 0 Å². The highest BCUT2D eigenvalue weighted by Gasteiger charge is 2.39.